The fourth-order valence-electron chi connectivity index (χ4n) is 5.09. The lowest BCUT2D eigenvalue weighted by molar-refractivity contribution is 0.606. The molecule has 0 spiro atoms. The first-order chi connectivity index (χ1) is 17.6. The maximum atomic E-state index is 3.63. The third kappa shape index (κ3) is 9.49. The average molecular weight is 613 g/mol. The molecule has 0 N–H and O–H groups in total. The molecule has 0 bridgehead atoms. The first-order valence-electron chi connectivity index (χ1n) is 14.3. The van der Waals surface area contributed by atoms with Gasteiger partial charge in [-0.2, -0.15) is 0 Å². The van der Waals surface area contributed by atoms with Crippen LogP contribution < -0.4 is 0 Å². The Labute approximate surface area is 237 Å². The molecule has 0 aliphatic heterocycles. The summed E-state index contributed by atoms with van der Waals surface area (Å²) >= 11 is 7.25. The molecule has 0 atom stereocenters. The molecule has 0 unspecified atom stereocenters. The van der Waals surface area contributed by atoms with Gasteiger partial charge in [0, 0.05) is 8.95 Å². The maximum absolute atomic E-state index is 3.63. The van der Waals surface area contributed by atoms with Crippen LogP contribution in [0.2, 0.25) is 0 Å². The minimum absolute atomic E-state index is 1.14. The number of hydrogen-bond donors (Lipinski definition) is 0. The van der Waals surface area contributed by atoms with E-state index in [1.54, 1.807) is 0 Å². The van der Waals surface area contributed by atoms with Crippen LogP contribution >= 0.6 is 31.9 Å². The minimum atomic E-state index is 1.14. The van der Waals surface area contributed by atoms with E-state index in [4.69, 9.17) is 0 Å². The van der Waals surface area contributed by atoms with Gasteiger partial charge < -0.3 is 0 Å². The molecule has 0 saturated heterocycles. The topological polar surface area (TPSA) is 0 Å². The highest BCUT2D eigenvalue weighted by molar-refractivity contribution is 9.10. The summed E-state index contributed by atoms with van der Waals surface area (Å²) in [7, 11) is 0. The third-order valence-electron chi connectivity index (χ3n) is 7.24. The maximum Gasteiger partial charge on any atom is 0.0175 e. The zero-order chi connectivity index (χ0) is 25.6. The van der Waals surface area contributed by atoms with Crippen LogP contribution in [-0.4, -0.2) is 0 Å². The van der Waals surface area contributed by atoms with Gasteiger partial charge in [-0.3, -0.25) is 0 Å². The number of unbranched alkanes of at least 4 members (excludes halogenated alkanes) is 10. The highest BCUT2D eigenvalue weighted by Crippen LogP contribution is 2.35. The standard InChI is InChI=1S/C34H44Br2/c1-3-5-7-9-11-13-15-29-25-34(28-19-23-32(36)24-20-28)30(16-14-12-10-8-6-4-2)26-33(29)27-17-21-31(35)22-18-27/h17-26H,3-16H2,1-2H3. The Bertz CT molecular complexity index is 933. The summed E-state index contributed by atoms with van der Waals surface area (Å²) in [6.45, 7) is 4.59. The summed E-state index contributed by atoms with van der Waals surface area (Å²) in [6, 6.07) is 22.9. The Morgan fingerprint density at radius 1 is 0.444 bits per heavy atom. The zero-order valence-corrected chi connectivity index (χ0v) is 25.6. The predicted molar refractivity (Wildman–Crippen MR) is 167 cm³/mol. The van der Waals surface area contributed by atoms with E-state index in [9.17, 15) is 0 Å². The third-order valence-corrected chi connectivity index (χ3v) is 8.30. The van der Waals surface area contributed by atoms with E-state index in [-0.39, 0.29) is 0 Å². The quantitative estimate of drug-likeness (QED) is 0.141. The molecule has 0 aromatic heterocycles. The van der Waals surface area contributed by atoms with Gasteiger partial charge in [0.05, 0.1) is 0 Å². The first kappa shape index (κ1) is 29.2. The van der Waals surface area contributed by atoms with Crippen molar-refractivity contribution in [2.75, 3.05) is 0 Å². The minimum Gasteiger partial charge on any atom is -0.0654 e. The number of halogens is 2. The van der Waals surface area contributed by atoms with Crippen LogP contribution in [0, 0.1) is 0 Å². The van der Waals surface area contributed by atoms with Gasteiger partial charge in [-0.15, -0.1) is 0 Å². The Morgan fingerprint density at radius 2 is 0.778 bits per heavy atom. The van der Waals surface area contributed by atoms with Crippen LogP contribution in [-0.2, 0) is 12.8 Å². The van der Waals surface area contributed by atoms with Gasteiger partial charge in [-0.25, -0.2) is 0 Å². The van der Waals surface area contributed by atoms with Crippen LogP contribution in [0.5, 0.6) is 0 Å². The van der Waals surface area contributed by atoms with Crippen molar-refractivity contribution in [2.45, 2.75) is 104 Å². The molecule has 0 nitrogen and oxygen atoms in total. The molecule has 0 amide bonds. The molecule has 2 heteroatoms. The van der Waals surface area contributed by atoms with Gasteiger partial charge in [0.1, 0.15) is 0 Å². The summed E-state index contributed by atoms with van der Waals surface area (Å²) in [4.78, 5) is 0. The normalized spacial score (nSPS) is 11.2. The Morgan fingerprint density at radius 3 is 1.14 bits per heavy atom. The smallest absolute Gasteiger partial charge is 0.0175 e. The summed E-state index contributed by atoms with van der Waals surface area (Å²) < 4.78 is 2.28. The molecular weight excluding hydrogens is 568 g/mol. The van der Waals surface area contributed by atoms with Gasteiger partial charge >= 0.3 is 0 Å². The van der Waals surface area contributed by atoms with Crippen molar-refractivity contribution in [2.24, 2.45) is 0 Å². The number of aryl methyl sites for hydroxylation is 2. The number of hydrogen-bond acceptors (Lipinski definition) is 0. The molecule has 0 heterocycles. The number of rotatable bonds is 16. The van der Waals surface area contributed by atoms with E-state index in [1.165, 1.54) is 110 Å². The second-order valence-corrected chi connectivity index (χ2v) is 12.0. The van der Waals surface area contributed by atoms with Gasteiger partial charge in [0.2, 0.25) is 0 Å². The zero-order valence-electron chi connectivity index (χ0n) is 22.4. The van der Waals surface area contributed by atoms with Crippen LogP contribution in [0.1, 0.15) is 102 Å². The Hall–Kier alpha value is -1.38. The van der Waals surface area contributed by atoms with E-state index in [0.717, 1.165) is 21.8 Å². The van der Waals surface area contributed by atoms with Gasteiger partial charge in [-0.1, -0.05) is 146 Å². The summed E-state index contributed by atoms with van der Waals surface area (Å²) in [5, 5.41) is 0. The molecule has 0 aliphatic rings. The molecule has 0 saturated carbocycles. The average Bonchev–Trinajstić information content (AvgIpc) is 2.89. The second kappa shape index (κ2) is 16.5. The van der Waals surface area contributed by atoms with Gasteiger partial charge in [0.15, 0.2) is 0 Å². The lowest BCUT2D eigenvalue weighted by Crippen LogP contribution is -1.99. The van der Waals surface area contributed by atoms with E-state index in [0.29, 0.717) is 0 Å². The highest BCUT2D eigenvalue weighted by atomic mass is 79.9. The Balaban J connectivity index is 1.91. The van der Waals surface area contributed by atoms with Crippen LogP contribution in [0.3, 0.4) is 0 Å². The van der Waals surface area contributed by atoms with Crippen molar-refractivity contribution >= 4 is 31.9 Å². The molecule has 0 radical (unpaired) electrons. The Kier molecular flexibility index (Phi) is 13.3. The van der Waals surface area contributed by atoms with Gasteiger partial charge in [0.25, 0.3) is 0 Å². The van der Waals surface area contributed by atoms with Crippen molar-refractivity contribution in [3.63, 3.8) is 0 Å². The van der Waals surface area contributed by atoms with Crippen molar-refractivity contribution in [1.82, 2.24) is 0 Å². The summed E-state index contributed by atoms with van der Waals surface area (Å²) in [6.07, 6.45) is 18.3. The molecule has 3 aromatic rings. The van der Waals surface area contributed by atoms with E-state index >= 15 is 0 Å². The van der Waals surface area contributed by atoms with Crippen molar-refractivity contribution in [3.05, 3.63) is 80.7 Å². The van der Waals surface area contributed by atoms with E-state index in [1.807, 2.05) is 0 Å². The van der Waals surface area contributed by atoms with Gasteiger partial charge in [-0.05, 0) is 83.3 Å². The van der Waals surface area contributed by atoms with Crippen molar-refractivity contribution in [3.8, 4) is 22.3 Å². The van der Waals surface area contributed by atoms with Crippen molar-refractivity contribution < 1.29 is 0 Å². The monoisotopic (exact) mass is 610 g/mol. The summed E-state index contributed by atoms with van der Waals surface area (Å²) in [5.74, 6) is 0. The van der Waals surface area contributed by atoms with E-state index in [2.05, 4.69) is 106 Å². The van der Waals surface area contributed by atoms with E-state index < -0.39 is 0 Å². The second-order valence-electron chi connectivity index (χ2n) is 10.2. The first-order valence-corrected chi connectivity index (χ1v) is 15.9. The fraction of sp³-hybridized carbons (Fsp3) is 0.471. The molecule has 3 rings (SSSR count). The summed E-state index contributed by atoms with van der Waals surface area (Å²) in [5.41, 5.74) is 8.53. The molecule has 0 aliphatic carbocycles. The lowest BCUT2D eigenvalue weighted by Gasteiger charge is -2.18. The largest absolute Gasteiger partial charge is 0.0654 e. The lowest BCUT2D eigenvalue weighted by atomic mass is 9.87. The molecular formula is C34H44Br2. The molecule has 36 heavy (non-hydrogen) atoms. The van der Waals surface area contributed by atoms with Crippen LogP contribution in [0.4, 0.5) is 0 Å². The molecule has 0 fully saturated rings. The van der Waals surface area contributed by atoms with Crippen LogP contribution in [0.15, 0.2) is 69.6 Å². The highest BCUT2D eigenvalue weighted by Gasteiger charge is 2.14. The predicted octanol–water partition coefficient (Wildman–Crippen LogP) is 12.4. The SMILES string of the molecule is CCCCCCCCc1cc(-c2ccc(Br)cc2)c(CCCCCCCC)cc1-c1ccc(Br)cc1. The van der Waals surface area contributed by atoms with Crippen LogP contribution in [0.25, 0.3) is 22.3 Å². The molecule has 194 valence electrons. The fourth-order valence-corrected chi connectivity index (χ4v) is 5.62. The van der Waals surface area contributed by atoms with Crippen molar-refractivity contribution in [1.29, 1.82) is 0 Å². The molecule has 3 aromatic carbocycles. The number of benzene rings is 3.